The van der Waals surface area contributed by atoms with Crippen molar-refractivity contribution in [3.63, 3.8) is 0 Å². The Morgan fingerprint density at radius 3 is 2.50 bits per heavy atom. The number of urea groups is 1. The fraction of sp³-hybridized carbons (Fsp3) is 0.417. The second kappa shape index (κ2) is 10.1. The fourth-order valence-electron chi connectivity index (χ4n) is 4.07. The molecule has 0 bridgehead atoms. The summed E-state index contributed by atoms with van der Waals surface area (Å²) >= 11 is 0. The molecule has 1 atom stereocenters. The molecule has 172 valence electrons. The van der Waals surface area contributed by atoms with Gasteiger partial charge < -0.3 is 15.5 Å². The van der Waals surface area contributed by atoms with E-state index in [2.05, 4.69) is 10.6 Å². The van der Waals surface area contributed by atoms with Gasteiger partial charge in [-0.05, 0) is 75.2 Å². The Morgan fingerprint density at radius 1 is 1.19 bits per heavy atom. The summed E-state index contributed by atoms with van der Waals surface area (Å²) in [6, 6.07) is 6.91. The summed E-state index contributed by atoms with van der Waals surface area (Å²) in [7, 11) is 3.88. The molecule has 0 saturated carbocycles. The van der Waals surface area contributed by atoms with Gasteiger partial charge in [-0.2, -0.15) is 0 Å². The Labute approximate surface area is 187 Å². The molecule has 1 heterocycles. The first-order valence-corrected chi connectivity index (χ1v) is 10.7. The lowest BCUT2D eigenvalue weighted by atomic mass is 9.95. The molecular formula is C24H30F2N4O2. The van der Waals surface area contributed by atoms with E-state index in [1.165, 1.54) is 12.1 Å². The monoisotopic (exact) mass is 444 g/mol. The molecule has 8 heteroatoms. The number of amides is 3. The summed E-state index contributed by atoms with van der Waals surface area (Å²) in [5.41, 5.74) is 3.34. The predicted octanol–water partition coefficient (Wildman–Crippen LogP) is 3.26. The van der Waals surface area contributed by atoms with Crippen molar-refractivity contribution >= 4 is 17.6 Å². The summed E-state index contributed by atoms with van der Waals surface area (Å²) in [5.74, 6) is -1.38. The van der Waals surface area contributed by atoms with Gasteiger partial charge in [0.25, 0.3) is 5.91 Å². The second-order valence-corrected chi connectivity index (χ2v) is 8.62. The van der Waals surface area contributed by atoms with Crippen LogP contribution in [-0.4, -0.2) is 57.1 Å². The number of nitrogens with zero attached hydrogens (tertiary/aromatic N) is 2. The second-order valence-electron chi connectivity index (χ2n) is 8.62. The van der Waals surface area contributed by atoms with Crippen molar-refractivity contribution in [3.8, 4) is 0 Å². The molecule has 0 spiro atoms. The van der Waals surface area contributed by atoms with Gasteiger partial charge in [0.1, 0.15) is 11.6 Å². The van der Waals surface area contributed by atoms with Crippen molar-refractivity contribution < 1.29 is 18.4 Å². The topological polar surface area (TPSA) is 64.7 Å². The van der Waals surface area contributed by atoms with Crippen LogP contribution in [0.1, 0.15) is 27.0 Å². The molecule has 0 aromatic heterocycles. The van der Waals surface area contributed by atoms with Gasteiger partial charge in [-0.3, -0.25) is 9.69 Å². The van der Waals surface area contributed by atoms with Gasteiger partial charge in [-0.25, -0.2) is 13.6 Å². The molecule has 32 heavy (non-hydrogen) atoms. The molecule has 3 amide bonds. The highest BCUT2D eigenvalue weighted by atomic mass is 19.1. The number of rotatable bonds is 7. The number of hydrogen-bond donors (Lipinski definition) is 2. The van der Waals surface area contributed by atoms with E-state index in [0.29, 0.717) is 37.2 Å². The zero-order chi connectivity index (χ0) is 23.4. The maximum absolute atomic E-state index is 14.1. The average molecular weight is 445 g/mol. The fourth-order valence-corrected chi connectivity index (χ4v) is 4.07. The molecule has 1 fully saturated rings. The van der Waals surface area contributed by atoms with Gasteiger partial charge in [0.2, 0.25) is 0 Å². The van der Waals surface area contributed by atoms with E-state index in [-0.39, 0.29) is 17.9 Å². The maximum atomic E-state index is 14.1. The van der Waals surface area contributed by atoms with E-state index < -0.39 is 11.6 Å². The molecule has 0 radical (unpaired) electrons. The quantitative estimate of drug-likeness (QED) is 0.689. The summed E-state index contributed by atoms with van der Waals surface area (Å²) in [6.07, 6.45) is 0.382. The highest BCUT2D eigenvalue weighted by molar-refractivity contribution is 5.98. The van der Waals surface area contributed by atoms with Crippen LogP contribution in [0.2, 0.25) is 0 Å². The van der Waals surface area contributed by atoms with Crippen LogP contribution in [0.3, 0.4) is 0 Å². The standard InChI is InChI=1S/C24H30F2N4O2/c1-15-9-19(23(31)27-7-8-29(3)4)10-16(2)22(15)30-14-17(13-28-24(30)32)11-18-5-6-20(25)12-21(18)26/h5-6,9-10,12,17H,7-8,11,13-14H2,1-4H3,(H,27,31)(H,28,32). The van der Waals surface area contributed by atoms with Crippen LogP contribution in [-0.2, 0) is 6.42 Å². The highest BCUT2D eigenvalue weighted by Crippen LogP contribution is 2.29. The molecule has 1 saturated heterocycles. The van der Waals surface area contributed by atoms with Crippen LogP contribution < -0.4 is 15.5 Å². The first-order valence-electron chi connectivity index (χ1n) is 10.7. The zero-order valence-electron chi connectivity index (χ0n) is 19.0. The molecule has 2 aromatic carbocycles. The molecule has 0 aliphatic carbocycles. The number of anilines is 1. The minimum absolute atomic E-state index is 0.0412. The lowest BCUT2D eigenvalue weighted by Crippen LogP contribution is -2.52. The maximum Gasteiger partial charge on any atom is 0.321 e. The van der Waals surface area contributed by atoms with E-state index >= 15 is 0 Å². The van der Waals surface area contributed by atoms with Gasteiger partial charge in [0, 0.05) is 37.8 Å². The van der Waals surface area contributed by atoms with Gasteiger partial charge >= 0.3 is 6.03 Å². The first kappa shape index (κ1) is 23.7. The number of hydrogen-bond acceptors (Lipinski definition) is 3. The smallest absolute Gasteiger partial charge is 0.321 e. The Kier molecular flexibility index (Phi) is 7.45. The number of carbonyl (C=O) groups excluding carboxylic acids is 2. The molecule has 3 rings (SSSR count). The Balaban J connectivity index is 1.76. The molecular weight excluding hydrogens is 414 g/mol. The molecule has 6 nitrogen and oxygen atoms in total. The van der Waals surface area contributed by atoms with Crippen LogP contribution in [0.25, 0.3) is 0 Å². The van der Waals surface area contributed by atoms with Gasteiger partial charge in [-0.15, -0.1) is 0 Å². The predicted molar refractivity (Wildman–Crippen MR) is 121 cm³/mol. The van der Waals surface area contributed by atoms with E-state index in [1.807, 2.05) is 32.8 Å². The number of benzene rings is 2. The lowest BCUT2D eigenvalue weighted by molar-refractivity contribution is 0.0951. The van der Waals surface area contributed by atoms with Crippen molar-refractivity contribution in [1.82, 2.24) is 15.5 Å². The Morgan fingerprint density at radius 2 is 1.88 bits per heavy atom. The molecule has 1 aliphatic rings. The van der Waals surface area contributed by atoms with E-state index in [9.17, 15) is 18.4 Å². The number of halogens is 2. The van der Waals surface area contributed by atoms with Crippen molar-refractivity contribution in [3.05, 3.63) is 64.2 Å². The Bertz CT molecular complexity index is 986. The minimum Gasteiger partial charge on any atom is -0.351 e. The first-order chi connectivity index (χ1) is 15.2. The lowest BCUT2D eigenvalue weighted by Gasteiger charge is -2.35. The summed E-state index contributed by atoms with van der Waals surface area (Å²) in [4.78, 5) is 28.8. The van der Waals surface area contributed by atoms with Gasteiger partial charge in [0.05, 0.1) is 5.69 Å². The molecule has 2 aromatic rings. The number of carbonyl (C=O) groups is 2. The number of likely N-dealkylation sites (N-methyl/N-ethyl adjacent to an activating group) is 1. The van der Waals surface area contributed by atoms with E-state index in [4.69, 9.17) is 0 Å². The molecule has 1 unspecified atom stereocenters. The average Bonchev–Trinajstić information content (AvgIpc) is 2.71. The number of nitrogens with one attached hydrogen (secondary N) is 2. The third-order valence-electron chi connectivity index (χ3n) is 5.62. The third-order valence-corrected chi connectivity index (χ3v) is 5.62. The largest absolute Gasteiger partial charge is 0.351 e. The van der Waals surface area contributed by atoms with E-state index in [0.717, 1.165) is 29.4 Å². The van der Waals surface area contributed by atoms with Crippen LogP contribution in [0.5, 0.6) is 0 Å². The summed E-state index contributed by atoms with van der Waals surface area (Å²) < 4.78 is 27.3. The van der Waals surface area contributed by atoms with Crippen LogP contribution in [0.15, 0.2) is 30.3 Å². The van der Waals surface area contributed by atoms with Crippen molar-refractivity contribution in [2.75, 3.05) is 45.2 Å². The van der Waals surface area contributed by atoms with Crippen LogP contribution in [0.4, 0.5) is 19.3 Å². The Hall–Kier alpha value is -3.00. The normalized spacial score (nSPS) is 16.3. The highest BCUT2D eigenvalue weighted by Gasteiger charge is 2.29. The van der Waals surface area contributed by atoms with Gasteiger partial charge in [-0.1, -0.05) is 6.07 Å². The van der Waals surface area contributed by atoms with Crippen molar-refractivity contribution in [2.45, 2.75) is 20.3 Å². The molecule has 1 aliphatic heterocycles. The van der Waals surface area contributed by atoms with Crippen LogP contribution in [0, 0.1) is 31.4 Å². The minimum atomic E-state index is -0.609. The summed E-state index contributed by atoms with van der Waals surface area (Å²) in [6.45, 7) is 5.84. The molecule has 2 N–H and O–H groups in total. The van der Waals surface area contributed by atoms with E-state index in [1.54, 1.807) is 17.0 Å². The van der Waals surface area contributed by atoms with Crippen LogP contribution >= 0.6 is 0 Å². The summed E-state index contributed by atoms with van der Waals surface area (Å²) in [5, 5.41) is 5.77. The SMILES string of the molecule is Cc1cc(C(=O)NCCN(C)C)cc(C)c1N1CC(Cc2ccc(F)cc2F)CNC1=O. The zero-order valence-corrected chi connectivity index (χ0v) is 19.0. The third kappa shape index (κ3) is 5.62. The number of aryl methyl sites for hydroxylation is 2. The van der Waals surface area contributed by atoms with Crippen molar-refractivity contribution in [1.29, 1.82) is 0 Å². The van der Waals surface area contributed by atoms with Crippen molar-refractivity contribution in [2.24, 2.45) is 5.92 Å². The van der Waals surface area contributed by atoms with Gasteiger partial charge in [0.15, 0.2) is 0 Å².